The molecule has 3 nitrogen and oxygen atoms in total. The van der Waals surface area contributed by atoms with Crippen LogP contribution in [-0.2, 0) is 9.84 Å². The van der Waals surface area contributed by atoms with Crippen LogP contribution in [0.5, 0.6) is 11.5 Å². The summed E-state index contributed by atoms with van der Waals surface area (Å²) in [5, 5.41) is 0. The Morgan fingerprint density at radius 3 is 2.56 bits per heavy atom. The van der Waals surface area contributed by atoms with Crippen molar-refractivity contribution in [2.75, 3.05) is 5.75 Å². The van der Waals surface area contributed by atoms with Gasteiger partial charge in [-0.25, -0.2) is 8.42 Å². The van der Waals surface area contributed by atoms with Gasteiger partial charge in [-0.3, -0.25) is 0 Å². The molecule has 0 saturated carbocycles. The van der Waals surface area contributed by atoms with Crippen molar-refractivity contribution in [3.8, 4) is 11.5 Å². The van der Waals surface area contributed by atoms with E-state index in [2.05, 4.69) is 6.07 Å². The van der Waals surface area contributed by atoms with Crippen molar-refractivity contribution in [1.29, 1.82) is 0 Å². The van der Waals surface area contributed by atoms with Crippen molar-refractivity contribution in [3.63, 3.8) is 0 Å². The Morgan fingerprint density at radius 2 is 1.89 bits per heavy atom. The van der Waals surface area contributed by atoms with Crippen molar-refractivity contribution in [1.82, 2.24) is 0 Å². The molecule has 0 unspecified atom stereocenters. The number of sulfone groups is 1. The quantitative estimate of drug-likeness (QED) is 0.849. The van der Waals surface area contributed by atoms with Crippen LogP contribution in [-0.4, -0.2) is 14.2 Å². The molecule has 4 heteroatoms. The zero-order chi connectivity index (χ0) is 13.0. The molecular formula is C14H13O3S. The van der Waals surface area contributed by atoms with Crippen molar-refractivity contribution >= 4 is 9.84 Å². The standard InChI is InChI=1S/C14H13O3S/c1-2-18(15,16)14-10-6-9-13(11-14)17-12-7-4-3-5-8-12/h3-8,10-11H,2H2,1H3. The maximum atomic E-state index is 11.7. The van der Waals surface area contributed by atoms with Crippen LogP contribution in [0.25, 0.3) is 0 Å². The zero-order valence-corrected chi connectivity index (χ0v) is 10.8. The van der Waals surface area contributed by atoms with E-state index < -0.39 is 9.84 Å². The van der Waals surface area contributed by atoms with Crippen molar-refractivity contribution in [2.24, 2.45) is 0 Å². The van der Waals surface area contributed by atoms with Gasteiger partial charge in [-0.05, 0) is 24.3 Å². The molecule has 0 atom stereocenters. The van der Waals surface area contributed by atoms with Crippen LogP contribution in [0.1, 0.15) is 6.92 Å². The second kappa shape index (κ2) is 5.23. The lowest BCUT2D eigenvalue weighted by Crippen LogP contribution is -2.03. The molecule has 0 bridgehead atoms. The monoisotopic (exact) mass is 261 g/mol. The average Bonchev–Trinajstić information content (AvgIpc) is 2.40. The fourth-order valence-electron chi connectivity index (χ4n) is 1.46. The summed E-state index contributed by atoms with van der Waals surface area (Å²) < 4.78 is 29.0. The molecule has 93 valence electrons. The Bertz CT molecular complexity index is 618. The summed E-state index contributed by atoms with van der Waals surface area (Å²) >= 11 is 0. The highest BCUT2D eigenvalue weighted by Crippen LogP contribution is 2.23. The summed E-state index contributed by atoms with van der Waals surface area (Å²) in [5.41, 5.74) is 0. The first kappa shape index (κ1) is 12.6. The number of benzene rings is 2. The fraction of sp³-hybridized carbons (Fsp3) is 0.143. The second-order valence-corrected chi connectivity index (χ2v) is 5.99. The molecule has 1 radical (unpaired) electrons. The Morgan fingerprint density at radius 1 is 1.17 bits per heavy atom. The molecule has 2 aromatic rings. The van der Waals surface area contributed by atoms with E-state index in [9.17, 15) is 8.42 Å². The molecule has 0 fully saturated rings. The zero-order valence-electron chi connectivity index (χ0n) is 9.96. The average molecular weight is 261 g/mol. The van der Waals surface area contributed by atoms with E-state index in [4.69, 9.17) is 4.74 Å². The van der Waals surface area contributed by atoms with E-state index in [0.29, 0.717) is 11.5 Å². The summed E-state index contributed by atoms with van der Waals surface area (Å²) in [6, 6.07) is 16.6. The first-order valence-corrected chi connectivity index (χ1v) is 7.24. The summed E-state index contributed by atoms with van der Waals surface area (Å²) in [6.07, 6.45) is 0. The minimum atomic E-state index is -3.21. The van der Waals surface area contributed by atoms with Crippen LogP contribution in [0.2, 0.25) is 0 Å². The van der Waals surface area contributed by atoms with Crippen molar-refractivity contribution < 1.29 is 13.2 Å². The molecule has 0 aliphatic carbocycles. The molecular weight excluding hydrogens is 248 g/mol. The topological polar surface area (TPSA) is 43.4 Å². The Kier molecular flexibility index (Phi) is 3.67. The van der Waals surface area contributed by atoms with Crippen LogP contribution in [0.3, 0.4) is 0 Å². The van der Waals surface area contributed by atoms with Gasteiger partial charge in [-0.1, -0.05) is 25.1 Å². The van der Waals surface area contributed by atoms with E-state index in [1.165, 1.54) is 12.1 Å². The minimum Gasteiger partial charge on any atom is -0.457 e. The van der Waals surface area contributed by atoms with Crippen LogP contribution >= 0.6 is 0 Å². The highest BCUT2D eigenvalue weighted by atomic mass is 32.2. The minimum absolute atomic E-state index is 0.0712. The molecule has 2 aromatic carbocycles. The van der Waals surface area contributed by atoms with Gasteiger partial charge in [0.1, 0.15) is 11.5 Å². The van der Waals surface area contributed by atoms with Gasteiger partial charge in [-0.2, -0.15) is 0 Å². The number of ether oxygens (including phenoxy) is 1. The van der Waals surface area contributed by atoms with Gasteiger partial charge in [-0.15, -0.1) is 0 Å². The third-order valence-corrected chi connectivity index (χ3v) is 4.19. The first-order valence-electron chi connectivity index (χ1n) is 5.59. The number of para-hydroxylation sites is 1. The number of rotatable bonds is 4. The van der Waals surface area contributed by atoms with E-state index in [1.807, 2.05) is 18.2 Å². The summed E-state index contributed by atoms with van der Waals surface area (Å²) in [5.74, 6) is 1.12. The van der Waals surface area contributed by atoms with Gasteiger partial charge >= 0.3 is 0 Å². The summed E-state index contributed by atoms with van der Waals surface area (Å²) in [4.78, 5) is 0.259. The fourth-order valence-corrected chi connectivity index (χ4v) is 2.35. The highest BCUT2D eigenvalue weighted by molar-refractivity contribution is 7.91. The molecule has 2 rings (SSSR count). The van der Waals surface area contributed by atoms with Crippen LogP contribution in [0, 0.1) is 6.07 Å². The first-order chi connectivity index (χ1) is 8.62. The smallest absolute Gasteiger partial charge is 0.178 e. The third-order valence-electron chi connectivity index (χ3n) is 2.46. The van der Waals surface area contributed by atoms with E-state index in [1.54, 1.807) is 25.1 Å². The molecule has 18 heavy (non-hydrogen) atoms. The predicted octanol–water partition coefficient (Wildman–Crippen LogP) is 3.07. The van der Waals surface area contributed by atoms with Crippen LogP contribution < -0.4 is 4.74 Å². The summed E-state index contributed by atoms with van der Waals surface area (Å²) in [6.45, 7) is 1.61. The Labute approximate surface area is 107 Å². The predicted molar refractivity (Wildman–Crippen MR) is 69.5 cm³/mol. The van der Waals surface area contributed by atoms with Crippen molar-refractivity contribution in [3.05, 3.63) is 54.6 Å². The Hall–Kier alpha value is -1.81. The SMILES string of the molecule is CCS(=O)(=O)c1cc[c]c(Oc2ccccc2)c1. The molecule has 0 aromatic heterocycles. The Balaban J connectivity index is 2.29. The van der Waals surface area contributed by atoms with Crippen LogP contribution in [0.4, 0.5) is 0 Å². The molecule has 0 amide bonds. The molecule has 0 aliphatic rings. The summed E-state index contributed by atoms with van der Waals surface area (Å²) in [7, 11) is -3.21. The second-order valence-electron chi connectivity index (χ2n) is 3.71. The van der Waals surface area contributed by atoms with Gasteiger partial charge in [0.05, 0.1) is 10.6 Å². The normalized spacial score (nSPS) is 11.2. The van der Waals surface area contributed by atoms with Gasteiger partial charge < -0.3 is 4.74 Å². The van der Waals surface area contributed by atoms with Gasteiger partial charge in [0, 0.05) is 12.1 Å². The van der Waals surface area contributed by atoms with E-state index in [0.717, 1.165) is 0 Å². The van der Waals surface area contributed by atoms with Crippen molar-refractivity contribution in [2.45, 2.75) is 11.8 Å². The number of hydrogen-bond donors (Lipinski definition) is 0. The lowest BCUT2D eigenvalue weighted by atomic mass is 10.3. The lowest BCUT2D eigenvalue weighted by molar-refractivity contribution is 0.479. The molecule has 0 heterocycles. The van der Waals surface area contributed by atoms with Crippen LogP contribution in [0.15, 0.2) is 53.4 Å². The molecule has 0 N–H and O–H groups in total. The van der Waals surface area contributed by atoms with Gasteiger partial charge in [0.25, 0.3) is 0 Å². The maximum absolute atomic E-state index is 11.7. The molecule has 0 spiro atoms. The maximum Gasteiger partial charge on any atom is 0.178 e. The van der Waals surface area contributed by atoms with E-state index in [-0.39, 0.29) is 10.6 Å². The number of hydrogen-bond acceptors (Lipinski definition) is 3. The third kappa shape index (κ3) is 2.90. The van der Waals surface area contributed by atoms with Gasteiger partial charge in [0.15, 0.2) is 9.84 Å². The largest absolute Gasteiger partial charge is 0.457 e. The molecule has 0 saturated heterocycles. The van der Waals surface area contributed by atoms with E-state index >= 15 is 0 Å². The lowest BCUT2D eigenvalue weighted by Gasteiger charge is -2.07. The highest BCUT2D eigenvalue weighted by Gasteiger charge is 2.12. The van der Waals surface area contributed by atoms with Gasteiger partial charge in [0.2, 0.25) is 0 Å². The molecule has 0 aliphatic heterocycles.